The Morgan fingerprint density at radius 1 is 1.45 bits per heavy atom. The molecule has 0 amide bonds. The highest BCUT2D eigenvalue weighted by Gasteiger charge is 2.23. The monoisotopic (exact) mass is 278 g/mol. The summed E-state index contributed by atoms with van der Waals surface area (Å²) in [5, 5.41) is 7.60. The molecule has 1 aliphatic heterocycles. The van der Waals surface area contributed by atoms with Crippen LogP contribution in [0.25, 0.3) is 0 Å². The molecule has 20 heavy (non-hydrogen) atoms. The van der Waals surface area contributed by atoms with Gasteiger partial charge in [0.15, 0.2) is 5.76 Å². The van der Waals surface area contributed by atoms with Crippen molar-refractivity contribution in [3.63, 3.8) is 0 Å². The van der Waals surface area contributed by atoms with Crippen LogP contribution in [0.15, 0.2) is 10.6 Å². The average molecular weight is 278 g/mol. The first kappa shape index (κ1) is 14.0. The number of nitrogens with one attached hydrogen (secondary N) is 1. The van der Waals surface area contributed by atoms with Gasteiger partial charge in [0.05, 0.1) is 12.2 Å². The molecule has 112 valence electrons. The molecule has 1 saturated carbocycles. The summed E-state index contributed by atoms with van der Waals surface area (Å²) in [6, 6.07) is 3.50. The lowest BCUT2D eigenvalue weighted by atomic mass is 10.2. The highest BCUT2D eigenvalue weighted by molar-refractivity contribution is 5.05. The fourth-order valence-corrected chi connectivity index (χ4v) is 2.95. The van der Waals surface area contributed by atoms with Crippen molar-refractivity contribution in [2.24, 2.45) is 0 Å². The smallest absolute Gasteiger partial charge is 0.151 e. The van der Waals surface area contributed by atoms with Gasteiger partial charge in [-0.05, 0) is 46.3 Å². The summed E-state index contributed by atoms with van der Waals surface area (Å²) in [6.45, 7) is 4.02. The third-order valence-electron chi connectivity index (χ3n) is 4.38. The Bertz CT molecular complexity index is 429. The van der Waals surface area contributed by atoms with Crippen molar-refractivity contribution in [3.8, 4) is 0 Å². The Hall–Kier alpha value is -0.910. The molecule has 1 aromatic rings. The Labute approximate surface area is 121 Å². The molecule has 5 nitrogen and oxygen atoms in total. The highest BCUT2D eigenvalue weighted by Crippen LogP contribution is 2.19. The third-order valence-corrected chi connectivity index (χ3v) is 4.38. The molecule has 0 aromatic carbocycles. The van der Waals surface area contributed by atoms with E-state index in [0.717, 1.165) is 37.1 Å². The maximum absolute atomic E-state index is 5.43. The molecule has 3 rings (SSSR count). The lowest BCUT2D eigenvalue weighted by molar-refractivity contribution is 0.200. The second kappa shape index (κ2) is 6.24. The van der Waals surface area contributed by atoms with E-state index in [1.165, 1.54) is 32.2 Å². The van der Waals surface area contributed by atoms with Crippen molar-refractivity contribution in [1.82, 2.24) is 20.3 Å². The molecule has 1 saturated heterocycles. The highest BCUT2D eigenvalue weighted by atomic mass is 16.5. The van der Waals surface area contributed by atoms with Crippen LogP contribution in [-0.4, -0.2) is 54.2 Å². The molecule has 2 fully saturated rings. The first-order valence-electron chi connectivity index (χ1n) is 7.77. The van der Waals surface area contributed by atoms with E-state index < -0.39 is 0 Å². The summed E-state index contributed by atoms with van der Waals surface area (Å²) < 4.78 is 5.43. The van der Waals surface area contributed by atoms with E-state index in [0.29, 0.717) is 6.04 Å². The van der Waals surface area contributed by atoms with Crippen LogP contribution in [0.2, 0.25) is 0 Å². The molecular formula is C15H26N4O. The molecular weight excluding hydrogens is 252 g/mol. The number of likely N-dealkylation sites (N-methyl/N-ethyl adjacent to an activating group) is 2. The van der Waals surface area contributed by atoms with Gasteiger partial charge >= 0.3 is 0 Å². The molecule has 0 bridgehead atoms. The van der Waals surface area contributed by atoms with Gasteiger partial charge in [-0.3, -0.25) is 4.90 Å². The second-order valence-electron chi connectivity index (χ2n) is 6.41. The van der Waals surface area contributed by atoms with Gasteiger partial charge < -0.3 is 14.7 Å². The van der Waals surface area contributed by atoms with Crippen LogP contribution in [0, 0.1) is 0 Å². The number of aromatic nitrogens is 1. The van der Waals surface area contributed by atoms with E-state index in [1.807, 2.05) is 0 Å². The summed E-state index contributed by atoms with van der Waals surface area (Å²) in [5.74, 6) is 0.973. The summed E-state index contributed by atoms with van der Waals surface area (Å²) in [6.07, 6.45) is 5.26. The molecule has 1 N–H and O–H groups in total. The largest absolute Gasteiger partial charge is 0.360 e. The predicted octanol–water partition coefficient (Wildman–Crippen LogP) is 1.45. The van der Waals surface area contributed by atoms with Crippen LogP contribution in [0.3, 0.4) is 0 Å². The molecule has 0 radical (unpaired) electrons. The standard InChI is InChI=1S/C15H26N4O/c1-18(10-14-4-3-7-19(14)2)11-15-8-13(17-20-15)9-16-12-5-6-12/h8,12,14,16H,3-7,9-11H2,1-2H3. The second-order valence-corrected chi connectivity index (χ2v) is 6.41. The van der Waals surface area contributed by atoms with Crippen LogP contribution < -0.4 is 5.32 Å². The van der Waals surface area contributed by atoms with Crippen LogP contribution in [-0.2, 0) is 13.1 Å². The average Bonchev–Trinajstić information content (AvgIpc) is 3.02. The molecule has 2 heterocycles. The number of hydrogen-bond acceptors (Lipinski definition) is 5. The van der Waals surface area contributed by atoms with E-state index >= 15 is 0 Å². The molecule has 1 atom stereocenters. The Kier molecular flexibility index (Phi) is 4.38. The zero-order valence-electron chi connectivity index (χ0n) is 12.6. The lowest BCUT2D eigenvalue weighted by Crippen LogP contribution is -2.36. The van der Waals surface area contributed by atoms with E-state index in [2.05, 4.69) is 40.4 Å². The van der Waals surface area contributed by atoms with Crippen molar-refractivity contribution in [3.05, 3.63) is 17.5 Å². The Morgan fingerprint density at radius 2 is 2.30 bits per heavy atom. The fraction of sp³-hybridized carbons (Fsp3) is 0.800. The van der Waals surface area contributed by atoms with E-state index in [9.17, 15) is 0 Å². The number of likely N-dealkylation sites (tertiary alicyclic amines) is 1. The first-order chi connectivity index (χ1) is 9.70. The molecule has 0 spiro atoms. The van der Waals surface area contributed by atoms with E-state index in [4.69, 9.17) is 4.52 Å². The molecule has 1 aliphatic carbocycles. The zero-order valence-corrected chi connectivity index (χ0v) is 12.6. The van der Waals surface area contributed by atoms with Crippen molar-refractivity contribution < 1.29 is 4.52 Å². The van der Waals surface area contributed by atoms with Gasteiger partial charge in [0.2, 0.25) is 0 Å². The van der Waals surface area contributed by atoms with Gasteiger partial charge in [-0.1, -0.05) is 5.16 Å². The summed E-state index contributed by atoms with van der Waals surface area (Å²) in [4.78, 5) is 4.80. The fourth-order valence-electron chi connectivity index (χ4n) is 2.95. The normalized spacial score (nSPS) is 23.9. The van der Waals surface area contributed by atoms with Gasteiger partial charge in [-0.15, -0.1) is 0 Å². The first-order valence-corrected chi connectivity index (χ1v) is 7.77. The van der Waals surface area contributed by atoms with Crippen LogP contribution in [0.5, 0.6) is 0 Å². The topological polar surface area (TPSA) is 44.5 Å². The van der Waals surface area contributed by atoms with Gasteiger partial charge in [0.25, 0.3) is 0 Å². The van der Waals surface area contributed by atoms with Crippen molar-refractivity contribution >= 4 is 0 Å². The third kappa shape index (κ3) is 3.81. The maximum atomic E-state index is 5.43. The Balaban J connectivity index is 1.44. The molecule has 1 aromatic heterocycles. The lowest BCUT2D eigenvalue weighted by Gasteiger charge is -2.24. The number of hydrogen-bond donors (Lipinski definition) is 1. The van der Waals surface area contributed by atoms with Crippen molar-refractivity contribution in [2.75, 3.05) is 27.2 Å². The number of rotatable bonds is 7. The van der Waals surface area contributed by atoms with Crippen LogP contribution in [0.1, 0.15) is 37.1 Å². The predicted molar refractivity (Wildman–Crippen MR) is 78.4 cm³/mol. The van der Waals surface area contributed by atoms with Gasteiger partial charge in [-0.25, -0.2) is 0 Å². The van der Waals surface area contributed by atoms with E-state index in [-0.39, 0.29) is 0 Å². The van der Waals surface area contributed by atoms with Gasteiger partial charge in [0.1, 0.15) is 0 Å². The van der Waals surface area contributed by atoms with Crippen LogP contribution in [0.4, 0.5) is 0 Å². The van der Waals surface area contributed by atoms with Crippen molar-refractivity contribution in [2.45, 2.75) is 50.9 Å². The summed E-state index contributed by atoms with van der Waals surface area (Å²) in [5.41, 5.74) is 1.03. The van der Waals surface area contributed by atoms with Gasteiger partial charge in [0, 0.05) is 31.2 Å². The minimum Gasteiger partial charge on any atom is -0.360 e. The quantitative estimate of drug-likeness (QED) is 0.818. The SMILES string of the molecule is CN(Cc1cc(CNC2CC2)no1)CC1CCCN1C. The molecule has 5 heteroatoms. The molecule has 1 unspecified atom stereocenters. The maximum Gasteiger partial charge on any atom is 0.151 e. The zero-order chi connectivity index (χ0) is 13.9. The minimum absolute atomic E-state index is 0.693. The Morgan fingerprint density at radius 3 is 3.00 bits per heavy atom. The minimum atomic E-state index is 0.693. The van der Waals surface area contributed by atoms with Crippen LogP contribution >= 0.6 is 0 Å². The van der Waals surface area contributed by atoms with E-state index in [1.54, 1.807) is 0 Å². The summed E-state index contributed by atoms with van der Waals surface area (Å²) in [7, 11) is 4.39. The van der Waals surface area contributed by atoms with Crippen molar-refractivity contribution in [1.29, 1.82) is 0 Å². The summed E-state index contributed by atoms with van der Waals surface area (Å²) >= 11 is 0. The number of nitrogens with zero attached hydrogens (tertiary/aromatic N) is 3. The van der Waals surface area contributed by atoms with Gasteiger partial charge in [-0.2, -0.15) is 0 Å². The molecule has 2 aliphatic rings.